The number of rotatable bonds is 3. The smallest absolute Gasteiger partial charge is 0.302 e. The molecule has 1 amide bonds. The Balaban J connectivity index is 1.73. The van der Waals surface area contributed by atoms with Crippen LogP contribution in [0.15, 0.2) is 64.6 Å². The second-order valence-electron chi connectivity index (χ2n) is 7.71. The predicted octanol–water partition coefficient (Wildman–Crippen LogP) is 5.05. The van der Waals surface area contributed by atoms with E-state index in [1.165, 1.54) is 11.0 Å². The number of ketones is 1. The summed E-state index contributed by atoms with van der Waals surface area (Å²) >= 11 is 6.07. The molecule has 0 saturated carbocycles. The van der Waals surface area contributed by atoms with Gasteiger partial charge in [0.2, 0.25) is 5.95 Å². The Morgan fingerprint density at radius 3 is 2.66 bits per heavy atom. The highest BCUT2D eigenvalue weighted by Gasteiger charge is 2.49. The highest BCUT2D eigenvalue weighted by Crippen LogP contribution is 2.42. The number of aromatic amines is 1. The molecule has 160 valence electrons. The molecule has 7 nitrogen and oxygen atoms in total. The lowest BCUT2D eigenvalue weighted by atomic mass is 9.99. The summed E-state index contributed by atoms with van der Waals surface area (Å²) in [6, 6.07) is 14.5. The molecule has 1 unspecified atom stereocenters. The molecule has 5 rings (SSSR count). The highest BCUT2D eigenvalue weighted by atomic mass is 35.5. The first kappa shape index (κ1) is 20.1. The number of H-pyrrole nitrogens is 1. The average Bonchev–Trinajstić information content (AvgIpc) is 3.43. The van der Waals surface area contributed by atoms with Gasteiger partial charge in [-0.1, -0.05) is 29.8 Å². The molecule has 8 heteroatoms. The van der Waals surface area contributed by atoms with Crippen LogP contribution >= 0.6 is 11.6 Å². The third kappa shape index (κ3) is 3.18. The number of anilines is 1. The largest absolute Gasteiger partial charge is 0.507 e. The minimum absolute atomic E-state index is 0.0942. The number of aryl methyl sites for hydroxylation is 2. The molecule has 2 N–H and O–H groups in total. The maximum Gasteiger partial charge on any atom is 0.302 e. The Bertz CT molecular complexity index is 1430. The van der Waals surface area contributed by atoms with Crippen LogP contribution in [0.5, 0.6) is 0 Å². The van der Waals surface area contributed by atoms with Gasteiger partial charge in [-0.2, -0.15) is 0 Å². The van der Waals surface area contributed by atoms with Crippen LogP contribution in [0.3, 0.4) is 0 Å². The van der Waals surface area contributed by atoms with Crippen LogP contribution in [-0.4, -0.2) is 26.8 Å². The quantitative estimate of drug-likeness (QED) is 0.260. The molecule has 4 aromatic rings. The zero-order valence-electron chi connectivity index (χ0n) is 17.2. The normalized spacial score (nSPS) is 18.1. The number of nitrogens with one attached hydrogen (secondary N) is 1. The van der Waals surface area contributed by atoms with Crippen LogP contribution in [0.1, 0.15) is 28.7 Å². The summed E-state index contributed by atoms with van der Waals surface area (Å²) in [6.07, 6.45) is 0. The van der Waals surface area contributed by atoms with Crippen molar-refractivity contribution in [2.45, 2.75) is 19.9 Å². The van der Waals surface area contributed by atoms with Crippen LogP contribution in [-0.2, 0) is 9.59 Å². The van der Waals surface area contributed by atoms with Crippen molar-refractivity contribution in [2.24, 2.45) is 0 Å². The summed E-state index contributed by atoms with van der Waals surface area (Å²) < 4.78 is 5.79. The number of Topliss-reactive ketones (excluding diaryl/α,β-unsaturated/α-hetero) is 1. The maximum atomic E-state index is 13.2. The van der Waals surface area contributed by atoms with Crippen LogP contribution in [0.4, 0.5) is 5.95 Å². The Kier molecular flexibility index (Phi) is 4.64. The Labute approximate surface area is 187 Å². The molecular weight excluding hydrogens is 430 g/mol. The molecule has 1 fully saturated rings. The molecule has 3 heterocycles. The van der Waals surface area contributed by atoms with Crippen LogP contribution < -0.4 is 4.90 Å². The first-order chi connectivity index (χ1) is 15.3. The number of aliphatic hydroxyl groups excluding tert-OH is 1. The zero-order chi connectivity index (χ0) is 22.6. The zero-order valence-corrected chi connectivity index (χ0v) is 18.0. The van der Waals surface area contributed by atoms with E-state index in [1.807, 2.05) is 25.1 Å². The Hall–Kier alpha value is -3.84. The average molecular weight is 448 g/mol. The molecule has 2 aromatic heterocycles. The van der Waals surface area contributed by atoms with Crippen molar-refractivity contribution in [3.8, 4) is 0 Å². The minimum atomic E-state index is -0.996. The number of amides is 1. The number of nitrogens with zero attached hydrogens (tertiary/aromatic N) is 2. The van der Waals surface area contributed by atoms with Crippen molar-refractivity contribution in [2.75, 3.05) is 4.90 Å². The minimum Gasteiger partial charge on any atom is -0.507 e. The van der Waals surface area contributed by atoms with E-state index < -0.39 is 17.7 Å². The molecule has 32 heavy (non-hydrogen) atoms. The summed E-state index contributed by atoms with van der Waals surface area (Å²) in [5.41, 5.74) is 2.63. The van der Waals surface area contributed by atoms with Gasteiger partial charge in [0, 0.05) is 10.6 Å². The number of benzene rings is 2. The van der Waals surface area contributed by atoms with Gasteiger partial charge in [0.25, 0.3) is 5.78 Å². The van der Waals surface area contributed by atoms with Gasteiger partial charge in [-0.3, -0.25) is 14.5 Å². The van der Waals surface area contributed by atoms with Crippen molar-refractivity contribution < 1.29 is 19.1 Å². The van der Waals surface area contributed by atoms with E-state index in [1.54, 1.807) is 37.3 Å². The number of carbonyl (C=O) groups excluding carboxylic acids is 2. The lowest BCUT2D eigenvalue weighted by Crippen LogP contribution is -2.30. The fraction of sp³-hybridized carbons (Fsp3) is 0.125. The molecule has 2 aromatic carbocycles. The number of aromatic nitrogens is 2. The first-order valence-corrected chi connectivity index (χ1v) is 10.3. The van der Waals surface area contributed by atoms with Crippen LogP contribution in [0, 0.1) is 13.8 Å². The van der Waals surface area contributed by atoms with Crippen molar-refractivity contribution in [3.05, 3.63) is 87.8 Å². The monoisotopic (exact) mass is 447 g/mol. The summed E-state index contributed by atoms with van der Waals surface area (Å²) in [4.78, 5) is 35.1. The van der Waals surface area contributed by atoms with E-state index in [2.05, 4.69) is 9.97 Å². The third-order valence-electron chi connectivity index (χ3n) is 5.43. The summed E-state index contributed by atoms with van der Waals surface area (Å²) in [5, 5.41) is 11.5. The van der Waals surface area contributed by atoms with Gasteiger partial charge in [0.05, 0.1) is 16.6 Å². The third-order valence-corrected chi connectivity index (χ3v) is 5.66. The van der Waals surface area contributed by atoms with Crippen molar-refractivity contribution in [3.63, 3.8) is 0 Å². The first-order valence-electron chi connectivity index (χ1n) is 9.93. The number of aliphatic hydroxyl groups is 1. The lowest BCUT2D eigenvalue weighted by molar-refractivity contribution is -0.132. The Morgan fingerprint density at radius 1 is 1.12 bits per heavy atom. The molecule has 0 spiro atoms. The van der Waals surface area contributed by atoms with E-state index in [-0.39, 0.29) is 17.3 Å². The van der Waals surface area contributed by atoms with E-state index >= 15 is 0 Å². The van der Waals surface area contributed by atoms with E-state index in [0.29, 0.717) is 27.6 Å². The number of hydrogen-bond donors (Lipinski definition) is 2. The topological polar surface area (TPSA) is 99.4 Å². The molecule has 1 saturated heterocycles. The maximum absolute atomic E-state index is 13.2. The van der Waals surface area contributed by atoms with Gasteiger partial charge in [0.15, 0.2) is 0 Å². The fourth-order valence-electron chi connectivity index (χ4n) is 3.94. The molecule has 0 bridgehead atoms. The number of hydrogen-bond acceptors (Lipinski definition) is 5. The van der Waals surface area contributed by atoms with Gasteiger partial charge >= 0.3 is 5.91 Å². The van der Waals surface area contributed by atoms with Gasteiger partial charge in [-0.15, -0.1) is 0 Å². The summed E-state index contributed by atoms with van der Waals surface area (Å²) in [6.45, 7) is 3.71. The summed E-state index contributed by atoms with van der Waals surface area (Å²) in [7, 11) is 0. The van der Waals surface area contributed by atoms with E-state index in [0.717, 1.165) is 11.1 Å². The second kappa shape index (κ2) is 7.39. The van der Waals surface area contributed by atoms with Crippen molar-refractivity contribution in [1.29, 1.82) is 0 Å². The molecule has 0 radical (unpaired) electrons. The number of halogens is 1. The Morgan fingerprint density at radius 2 is 1.94 bits per heavy atom. The predicted molar refractivity (Wildman–Crippen MR) is 121 cm³/mol. The van der Waals surface area contributed by atoms with Gasteiger partial charge < -0.3 is 14.5 Å². The SMILES string of the molecule is Cc1ccc2nc(N3C(=O)C(=O)/C(=C(/O)c4cccc(Cl)c4)C3c3ccc(C)o3)[nH]c2c1. The molecular formula is C24H18ClN3O4. The molecule has 1 aliphatic heterocycles. The number of carbonyl (C=O) groups is 2. The van der Waals surface area contributed by atoms with Crippen LogP contribution in [0.2, 0.25) is 5.02 Å². The van der Waals surface area contributed by atoms with Crippen LogP contribution in [0.25, 0.3) is 16.8 Å². The van der Waals surface area contributed by atoms with E-state index in [4.69, 9.17) is 16.0 Å². The molecule has 0 aliphatic carbocycles. The van der Waals surface area contributed by atoms with Crippen molar-refractivity contribution in [1.82, 2.24) is 9.97 Å². The lowest BCUT2D eigenvalue weighted by Gasteiger charge is -2.20. The molecule has 1 atom stereocenters. The van der Waals surface area contributed by atoms with Gasteiger partial charge in [-0.25, -0.2) is 4.98 Å². The summed E-state index contributed by atoms with van der Waals surface area (Å²) in [5.74, 6) is -0.853. The van der Waals surface area contributed by atoms with Gasteiger partial charge in [-0.05, 0) is 55.8 Å². The highest BCUT2D eigenvalue weighted by molar-refractivity contribution is 6.51. The second-order valence-corrected chi connectivity index (χ2v) is 8.15. The van der Waals surface area contributed by atoms with Crippen molar-refractivity contribution >= 4 is 46.0 Å². The number of fused-ring (bicyclic) bond motifs is 1. The fourth-order valence-corrected chi connectivity index (χ4v) is 4.13. The van der Waals surface area contributed by atoms with E-state index in [9.17, 15) is 14.7 Å². The standard InChI is InChI=1S/C24H18ClN3O4/c1-12-6-8-16-17(10-12)27-24(26-16)28-20(18-9-7-13(2)32-18)19(22(30)23(28)31)21(29)14-4-3-5-15(25)11-14/h3-11,20,29H,1-2H3,(H,26,27)/b21-19+. The number of imidazole rings is 1. The van der Waals surface area contributed by atoms with Gasteiger partial charge in [0.1, 0.15) is 23.3 Å². The molecule has 1 aliphatic rings. The number of furan rings is 1.